The van der Waals surface area contributed by atoms with E-state index in [0.717, 1.165) is 37.2 Å². The number of halogens is 1. The third-order valence-corrected chi connectivity index (χ3v) is 5.34. The predicted molar refractivity (Wildman–Crippen MR) is 93.8 cm³/mol. The quantitative estimate of drug-likeness (QED) is 0.786. The van der Waals surface area contributed by atoms with Crippen LogP contribution in [0.5, 0.6) is 5.75 Å². The molecule has 0 spiro atoms. The van der Waals surface area contributed by atoms with Crippen LogP contribution in [0.4, 0.5) is 4.39 Å². The van der Waals surface area contributed by atoms with E-state index in [1.54, 1.807) is 23.5 Å². The lowest BCUT2D eigenvalue weighted by atomic mass is 9.94. The lowest BCUT2D eigenvalue weighted by molar-refractivity contribution is -0.131. The first-order valence-corrected chi connectivity index (χ1v) is 9.27. The maximum absolute atomic E-state index is 13.1. The summed E-state index contributed by atoms with van der Waals surface area (Å²) in [6.45, 7) is 2.25. The van der Waals surface area contributed by atoms with Crippen LogP contribution in [0.15, 0.2) is 41.8 Å². The van der Waals surface area contributed by atoms with E-state index < -0.39 is 0 Å². The van der Waals surface area contributed by atoms with Crippen LogP contribution < -0.4 is 4.74 Å². The number of piperidine rings is 1. The summed E-state index contributed by atoms with van der Waals surface area (Å²) in [6.07, 6.45) is 3.50. The maximum Gasteiger partial charge on any atom is 0.227 e. The fourth-order valence-corrected chi connectivity index (χ4v) is 3.74. The van der Waals surface area contributed by atoms with Crippen molar-refractivity contribution in [2.45, 2.75) is 25.7 Å². The van der Waals surface area contributed by atoms with Crippen LogP contribution in [0, 0.1) is 11.7 Å². The van der Waals surface area contributed by atoms with Crippen LogP contribution in [0.3, 0.4) is 0 Å². The molecule has 3 nitrogen and oxygen atoms in total. The number of benzene rings is 1. The first-order valence-electron chi connectivity index (χ1n) is 8.39. The lowest BCUT2D eigenvalue weighted by Crippen LogP contribution is -2.39. The number of hydrogen-bond donors (Lipinski definition) is 0. The third kappa shape index (κ3) is 4.81. The van der Waals surface area contributed by atoms with E-state index in [1.807, 2.05) is 22.4 Å². The van der Waals surface area contributed by atoms with Crippen molar-refractivity contribution in [3.8, 4) is 5.75 Å². The molecule has 2 aromatic rings. The molecule has 0 unspecified atom stereocenters. The van der Waals surface area contributed by atoms with E-state index in [1.165, 1.54) is 12.1 Å². The van der Waals surface area contributed by atoms with Crippen molar-refractivity contribution in [1.29, 1.82) is 0 Å². The zero-order valence-corrected chi connectivity index (χ0v) is 14.4. The molecule has 1 aromatic heterocycles. The van der Waals surface area contributed by atoms with Gasteiger partial charge in [0.15, 0.2) is 0 Å². The normalized spacial score (nSPS) is 15.5. The molecule has 24 heavy (non-hydrogen) atoms. The second-order valence-electron chi connectivity index (χ2n) is 6.17. The van der Waals surface area contributed by atoms with Gasteiger partial charge in [-0.15, -0.1) is 11.3 Å². The van der Waals surface area contributed by atoms with Gasteiger partial charge in [0.05, 0.1) is 13.0 Å². The minimum absolute atomic E-state index is 0.229. The third-order valence-electron chi connectivity index (χ3n) is 4.46. The van der Waals surface area contributed by atoms with Crippen molar-refractivity contribution in [3.05, 3.63) is 52.5 Å². The molecule has 0 N–H and O–H groups in total. The number of ether oxygens (including phenoxy) is 1. The summed E-state index contributed by atoms with van der Waals surface area (Å²) in [5.41, 5.74) is 0. The number of hydrogen-bond acceptors (Lipinski definition) is 3. The molecular weight excluding hydrogens is 325 g/mol. The largest absolute Gasteiger partial charge is 0.493 e. The molecule has 0 bridgehead atoms. The molecule has 0 saturated carbocycles. The number of rotatable bonds is 6. The van der Waals surface area contributed by atoms with Gasteiger partial charge >= 0.3 is 0 Å². The minimum Gasteiger partial charge on any atom is -0.493 e. The monoisotopic (exact) mass is 347 g/mol. The highest BCUT2D eigenvalue weighted by atomic mass is 32.1. The summed E-state index contributed by atoms with van der Waals surface area (Å²) in [5, 5.41) is 2.01. The molecule has 5 heteroatoms. The highest BCUT2D eigenvalue weighted by molar-refractivity contribution is 7.10. The SMILES string of the molecule is O=C(Cc1cccs1)N1CCC(CCOc2cccc(F)c2)CC1. The molecule has 1 aliphatic rings. The predicted octanol–water partition coefficient (Wildman–Crippen LogP) is 4.14. The van der Waals surface area contributed by atoms with E-state index in [9.17, 15) is 9.18 Å². The molecule has 2 heterocycles. The number of likely N-dealkylation sites (tertiary alicyclic amines) is 1. The average molecular weight is 347 g/mol. The molecule has 3 rings (SSSR count). The summed E-state index contributed by atoms with van der Waals surface area (Å²) in [6, 6.07) is 10.2. The van der Waals surface area contributed by atoms with E-state index in [0.29, 0.717) is 24.7 Å². The van der Waals surface area contributed by atoms with Gasteiger partial charge in [0.1, 0.15) is 11.6 Å². The maximum atomic E-state index is 13.1. The number of carbonyl (C=O) groups excluding carboxylic acids is 1. The second-order valence-corrected chi connectivity index (χ2v) is 7.21. The van der Waals surface area contributed by atoms with E-state index in [-0.39, 0.29) is 11.7 Å². The van der Waals surface area contributed by atoms with Gasteiger partial charge in [0, 0.05) is 24.0 Å². The summed E-state index contributed by atoms with van der Waals surface area (Å²) >= 11 is 1.64. The highest BCUT2D eigenvalue weighted by Gasteiger charge is 2.22. The van der Waals surface area contributed by atoms with Crippen molar-refractivity contribution < 1.29 is 13.9 Å². The number of carbonyl (C=O) groups is 1. The van der Waals surface area contributed by atoms with Gasteiger partial charge in [0.2, 0.25) is 5.91 Å². The molecule has 1 saturated heterocycles. The van der Waals surface area contributed by atoms with Crippen LogP contribution >= 0.6 is 11.3 Å². The van der Waals surface area contributed by atoms with Crippen LogP contribution in [0.2, 0.25) is 0 Å². The number of nitrogens with zero attached hydrogens (tertiary/aromatic N) is 1. The van der Waals surface area contributed by atoms with E-state index >= 15 is 0 Å². The van der Waals surface area contributed by atoms with Gasteiger partial charge in [-0.1, -0.05) is 12.1 Å². The van der Waals surface area contributed by atoms with Crippen molar-refractivity contribution in [2.75, 3.05) is 19.7 Å². The van der Waals surface area contributed by atoms with Gasteiger partial charge < -0.3 is 9.64 Å². The molecule has 0 atom stereocenters. The van der Waals surface area contributed by atoms with Crippen LogP contribution in [0.1, 0.15) is 24.1 Å². The fourth-order valence-electron chi connectivity index (χ4n) is 3.05. The first kappa shape index (κ1) is 17.0. The van der Waals surface area contributed by atoms with Crippen molar-refractivity contribution >= 4 is 17.2 Å². The average Bonchev–Trinajstić information content (AvgIpc) is 3.08. The van der Waals surface area contributed by atoms with Crippen LogP contribution in [-0.4, -0.2) is 30.5 Å². The molecule has 1 aromatic carbocycles. The van der Waals surface area contributed by atoms with Gasteiger partial charge in [-0.25, -0.2) is 4.39 Å². The minimum atomic E-state index is -0.273. The lowest BCUT2D eigenvalue weighted by Gasteiger charge is -2.32. The Morgan fingerprint density at radius 3 is 2.79 bits per heavy atom. The Morgan fingerprint density at radius 1 is 1.25 bits per heavy atom. The van der Waals surface area contributed by atoms with Crippen molar-refractivity contribution in [3.63, 3.8) is 0 Å². The Balaban J connectivity index is 1.36. The van der Waals surface area contributed by atoms with Crippen LogP contribution in [0.25, 0.3) is 0 Å². The second kappa shape index (κ2) is 8.29. The van der Waals surface area contributed by atoms with E-state index in [4.69, 9.17) is 4.74 Å². The van der Waals surface area contributed by atoms with Crippen molar-refractivity contribution in [2.24, 2.45) is 5.92 Å². The zero-order valence-electron chi connectivity index (χ0n) is 13.6. The summed E-state index contributed by atoms with van der Waals surface area (Å²) in [5.74, 6) is 1.11. The zero-order chi connectivity index (χ0) is 16.8. The molecule has 1 aliphatic heterocycles. The first-order chi connectivity index (χ1) is 11.7. The van der Waals surface area contributed by atoms with Gasteiger partial charge in [-0.3, -0.25) is 4.79 Å². The molecule has 0 aliphatic carbocycles. The Morgan fingerprint density at radius 2 is 2.08 bits per heavy atom. The summed E-state index contributed by atoms with van der Waals surface area (Å²) in [7, 11) is 0. The number of amides is 1. The Kier molecular flexibility index (Phi) is 5.86. The molecular formula is C19H22FNO2S. The Hall–Kier alpha value is -1.88. The molecule has 1 fully saturated rings. The van der Waals surface area contributed by atoms with Crippen LogP contribution in [-0.2, 0) is 11.2 Å². The fraction of sp³-hybridized carbons (Fsp3) is 0.421. The highest BCUT2D eigenvalue weighted by Crippen LogP contribution is 2.22. The summed E-state index contributed by atoms with van der Waals surface area (Å²) in [4.78, 5) is 15.4. The standard InChI is InChI=1S/C19H22FNO2S/c20-16-3-1-4-17(13-16)23-11-8-15-6-9-21(10-7-15)19(22)14-18-5-2-12-24-18/h1-5,12-13,15H,6-11,14H2. The van der Waals surface area contributed by atoms with E-state index in [2.05, 4.69) is 0 Å². The Bertz CT molecular complexity index is 651. The topological polar surface area (TPSA) is 29.5 Å². The van der Waals surface area contributed by atoms with Gasteiger partial charge in [0.25, 0.3) is 0 Å². The van der Waals surface area contributed by atoms with Gasteiger partial charge in [-0.05, 0) is 48.8 Å². The summed E-state index contributed by atoms with van der Waals surface area (Å²) < 4.78 is 18.7. The van der Waals surface area contributed by atoms with Gasteiger partial charge in [-0.2, -0.15) is 0 Å². The molecule has 0 radical (unpaired) electrons. The van der Waals surface area contributed by atoms with Crippen molar-refractivity contribution in [1.82, 2.24) is 4.90 Å². The smallest absolute Gasteiger partial charge is 0.227 e. The Labute approximate surface area is 146 Å². The molecule has 1 amide bonds. The molecule has 128 valence electrons. The number of thiophene rings is 1.